The van der Waals surface area contributed by atoms with E-state index in [1.165, 1.54) is 86.9 Å². The van der Waals surface area contributed by atoms with Gasteiger partial charge in [-0.1, -0.05) is 103 Å². The molecule has 0 spiro atoms. The molecule has 48 heavy (non-hydrogen) atoms. The standard InChI is InChI=1S/C46H24O2/c1-2-12-30-28(10-1)29-11-3-4-13-31(29)37-23-26(18-19-32(30)37)25-8-5-9-27(22-25)36-24-41-46-43-34(15-7-17-39(43)48-41)33-14-6-16-38-42(33)45-40(47-38)21-20-35(36)44(45)46/h1-24H. The van der Waals surface area contributed by atoms with Crippen molar-refractivity contribution in [1.82, 2.24) is 0 Å². The second-order valence-corrected chi connectivity index (χ2v) is 13.2. The SMILES string of the molecule is c1cc(-c2ccc3c4ccccc4c4ccccc4c3c2)cc(-c2cc3oc4cccc5c4c3c3c2ccc2oc4cccc-5c4c23)c1. The average Bonchev–Trinajstić information content (AvgIpc) is 3.69. The van der Waals surface area contributed by atoms with Gasteiger partial charge in [0.1, 0.15) is 22.3 Å². The first-order chi connectivity index (χ1) is 23.8. The van der Waals surface area contributed by atoms with Crippen LogP contribution in [0, 0.1) is 0 Å². The molecule has 12 rings (SSSR count). The third-order valence-corrected chi connectivity index (χ3v) is 10.8. The Morgan fingerprint density at radius 1 is 0.250 bits per heavy atom. The summed E-state index contributed by atoms with van der Waals surface area (Å²) in [6, 6.07) is 52.9. The number of hydrogen-bond acceptors (Lipinski definition) is 2. The molecule has 2 heteroatoms. The van der Waals surface area contributed by atoms with E-state index in [2.05, 4.69) is 146 Å². The maximum atomic E-state index is 6.66. The van der Waals surface area contributed by atoms with Gasteiger partial charge in [-0.3, -0.25) is 0 Å². The lowest BCUT2D eigenvalue weighted by Gasteiger charge is -2.13. The Labute approximate surface area is 274 Å². The molecular weight excluding hydrogens is 585 g/mol. The van der Waals surface area contributed by atoms with Crippen molar-refractivity contribution in [2.75, 3.05) is 0 Å². The van der Waals surface area contributed by atoms with E-state index in [4.69, 9.17) is 8.83 Å². The molecule has 0 amide bonds. The minimum Gasteiger partial charge on any atom is -0.456 e. The maximum absolute atomic E-state index is 6.66. The average molecular weight is 609 g/mol. The summed E-state index contributed by atoms with van der Waals surface area (Å²) in [5, 5.41) is 14.9. The Kier molecular flexibility index (Phi) is 4.49. The number of fused-ring (bicyclic) bond motifs is 7. The van der Waals surface area contributed by atoms with Gasteiger partial charge in [0.2, 0.25) is 0 Å². The van der Waals surface area contributed by atoms with Gasteiger partial charge in [-0.15, -0.1) is 0 Å². The molecule has 220 valence electrons. The van der Waals surface area contributed by atoms with Gasteiger partial charge in [-0.25, -0.2) is 0 Å². The van der Waals surface area contributed by atoms with Gasteiger partial charge < -0.3 is 8.83 Å². The van der Waals surface area contributed by atoms with Gasteiger partial charge in [0.05, 0.1) is 0 Å². The van der Waals surface area contributed by atoms with Gasteiger partial charge in [0.25, 0.3) is 0 Å². The summed E-state index contributed by atoms with van der Waals surface area (Å²) in [6.07, 6.45) is 0. The zero-order valence-corrected chi connectivity index (χ0v) is 25.7. The Morgan fingerprint density at radius 3 is 1.48 bits per heavy atom. The van der Waals surface area contributed by atoms with Crippen molar-refractivity contribution in [2.24, 2.45) is 0 Å². The lowest BCUT2D eigenvalue weighted by atomic mass is 9.90. The van der Waals surface area contributed by atoms with Crippen molar-refractivity contribution < 1.29 is 8.83 Å². The fourth-order valence-electron chi connectivity index (χ4n) is 8.76. The fraction of sp³-hybridized carbons (Fsp3) is 0. The van der Waals surface area contributed by atoms with Crippen molar-refractivity contribution in [3.05, 3.63) is 146 Å². The van der Waals surface area contributed by atoms with Gasteiger partial charge in [-0.2, -0.15) is 0 Å². The molecule has 0 radical (unpaired) electrons. The Morgan fingerprint density at radius 2 is 0.771 bits per heavy atom. The highest BCUT2D eigenvalue weighted by Gasteiger charge is 2.26. The number of rotatable bonds is 2. The maximum Gasteiger partial charge on any atom is 0.136 e. The summed E-state index contributed by atoms with van der Waals surface area (Å²) in [4.78, 5) is 0. The zero-order chi connectivity index (χ0) is 31.1. The molecule has 0 saturated heterocycles. The molecule has 0 aliphatic heterocycles. The van der Waals surface area contributed by atoms with Gasteiger partial charge in [0, 0.05) is 26.9 Å². The van der Waals surface area contributed by atoms with Crippen LogP contribution in [0.25, 0.3) is 120 Å². The van der Waals surface area contributed by atoms with Crippen LogP contribution in [0.1, 0.15) is 0 Å². The summed E-state index contributed by atoms with van der Waals surface area (Å²) >= 11 is 0. The van der Waals surface area contributed by atoms with Crippen LogP contribution in [0.4, 0.5) is 0 Å². The van der Waals surface area contributed by atoms with Crippen molar-refractivity contribution in [2.45, 2.75) is 0 Å². The minimum absolute atomic E-state index is 0.907. The van der Waals surface area contributed by atoms with Crippen LogP contribution in [0.2, 0.25) is 0 Å². The largest absolute Gasteiger partial charge is 0.456 e. The van der Waals surface area contributed by atoms with Crippen LogP contribution in [0.5, 0.6) is 0 Å². The van der Waals surface area contributed by atoms with E-state index in [0.717, 1.165) is 33.5 Å². The Balaban J connectivity index is 1.15. The van der Waals surface area contributed by atoms with Crippen LogP contribution in [-0.4, -0.2) is 0 Å². The lowest BCUT2D eigenvalue weighted by molar-refractivity contribution is 0.669. The second-order valence-electron chi connectivity index (χ2n) is 13.2. The summed E-state index contributed by atoms with van der Waals surface area (Å²) in [5.41, 5.74) is 10.8. The molecule has 2 nitrogen and oxygen atoms in total. The monoisotopic (exact) mass is 608 g/mol. The first-order valence-corrected chi connectivity index (χ1v) is 16.5. The Bertz CT molecular complexity index is 3160. The molecule has 0 fully saturated rings. The molecular formula is C46H24O2. The highest BCUT2D eigenvalue weighted by molar-refractivity contribution is 6.38. The van der Waals surface area contributed by atoms with Crippen molar-refractivity contribution >= 4 is 87.0 Å². The molecule has 0 atom stereocenters. The van der Waals surface area contributed by atoms with Crippen molar-refractivity contribution in [3.8, 4) is 33.4 Å². The minimum atomic E-state index is 0.907. The molecule has 0 bridgehead atoms. The summed E-state index contributed by atoms with van der Waals surface area (Å²) in [5.74, 6) is 0. The normalized spacial score (nSPS) is 12.6. The molecule has 1 aliphatic rings. The molecule has 2 aromatic heterocycles. The van der Waals surface area contributed by atoms with E-state index in [1.807, 2.05) is 0 Å². The smallest absolute Gasteiger partial charge is 0.136 e. The van der Waals surface area contributed by atoms with Gasteiger partial charge in [-0.05, 0) is 114 Å². The third-order valence-electron chi connectivity index (χ3n) is 10.8. The first-order valence-electron chi connectivity index (χ1n) is 16.5. The topological polar surface area (TPSA) is 26.3 Å². The lowest BCUT2D eigenvalue weighted by Crippen LogP contribution is -1.87. The fourth-order valence-corrected chi connectivity index (χ4v) is 8.76. The van der Waals surface area contributed by atoms with E-state index in [0.29, 0.717) is 0 Å². The molecule has 1 aliphatic carbocycles. The number of benzene rings is 9. The van der Waals surface area contributed by atoms with E-state index in [1.54, 1.807) is 0 Å². The van der Waals surface area contributed by atoms with Crippen molar-refractivity contribution in [1.29, 1.82) is 0 Å². The molecule has 11 aromatic rings. The van der Waals surface area contributed by atoms with Crippen LogP contribution >= 0.6 is 0 Å². The molecule has 0 N–H and O–H groups in total. The summed E-state index contributed by atoms with van der Waals surface area (Å²) < 4.78 is 13.1. The quantitative estimate of drug-likeness (QED) is 0.183. The van der Waals surface area contributed by atoms with E-state index in [-0.39, 0.29) is 0 Å². The van der Waals surface area contributed by atoms with Crippen LogP contribution in [-0.2, 0) is 0 Å². The number of furan rings is 2. The Hall–Kier alpha value is -6.38. The summed E-state index contributed by atoms with van der Waals surface area (Å²) in [6.45, 7) is 0. The summed E-state index contributed by atoms with van der Waals surface area (Å²) in [7, 11) is 0. The molecule has 9 aromatic carbocycles. The predicted molar refractivity (Wildman–Crippen MR) is 201 cm³/mol. The van der Waals surface area contributed by atoms with Crippen molar-refractivity contribution in [3.63, 3.8) is 0 Å². The molecule has 0 unspecified atom stereocenters. The second kappa shape index (κ2) is 8.70. The highest BCUT2D eigenvalue weighted by Crippen LogP contribution is 2.52. The van der Waals surface area contributed by atoms with Gasteiger partial charge in [0.15, 0.2) is 0 Å². The van der Waals surface area contributed by atoms with Gasteiger partial charge >= 0.3 is 0 Å². The van der Waals surface area contributed by atoms with E-state index < -0.39 is 0 Å². The van der Waals surface area contributed by atoms with Crippen LogP contribution in [0.3, 0.4) is 0 Å². The predicted octanol–water partition coefficient (Wildman–Crippen LogP) is 13.4. The molecule has 0 saturated carbocycles. The third kappa shape index (κ3) is 3.03. The zero-order valence-electron chi connectivity index (χ0n) is 25.7. The van der Waals surface area contributed by atoms with Crippen LogP contribution < -0.4 is 0 Å². The number of hydrogen-bond donors (Lipinski definition) is 0. The molecule has 2 heterocycles. The van der Waals surface area contributed by atoms with E-state index in [9.17, 15) is 0 Å². The first kappa shape index (κ1) is 24.8. The highest BCUT2D eigenvalue weighted by atomic mass is 16.3. The van der Waals surface area contributed by atoms with Crippen LogP contribution in [0.15, 0.2) is 154 Å². The van der Waals surface area contributed by atoms with E-state index >= 15 is 0 Å².